The first-order valence-corrected chi connectivity index (χ1v) is 7.34. The van der Waals surface area contributed by atoms with Gasteiger partial charge in [-0.05, 0) is 55.2 Å². The largest absolute Gasteiger partial charge is 0.0654 e. The van der Waals surface area contributed by atoms with E-state index in [0.717, 1.165) is 11.8 Å². The van der Waals surface area contributed by atoms with Crippen LogP contribution in [0.1, 0.15) is 56.9 Å². The fraction of sp³-hybridized carbons (Fsp3) is 0.600. The number of rotatable bonds is 3. The summed E-state index contributed by atoms with van der Waals surface area (Å²) in [6.45, 7) is 2.31. The van der Waals surface area contributed by atoms with Crippen LogP contribution in [0.2, 0.25) is 0 Å². The average molecular weight is 281 g/mol. The van der Waals surface area contributed by atoms with Crippen molar-refractivity contribution in [1.29, 1.82) is 0 Å². The quantitative estimate of drug-likeness (QED) is 0.684. The minimum absolute atomic E-state index is 0.821. The molecule has 0 saturated heterocycles. The molecule has 1 aliphatic rings. The van der Waals surface area contributed by atoms with Crippen molar-refractivity contribution in [2.24, 2.45) is 5.92 Å². The molecule has 0 aliphatic heterocycles. The maximum Gasteiger partial charge on any atom is 0.0175 e. The Labute approximate surface area is 108 Å². The first kappa shape index (κ1) is 12.2. The zero-order valence-electron chi connectivity index (χ0n) is 10.1. The summed E-state index contributed by atoms with van der Waals surface area (Å²) in [5, 5.41) is 0. The number of benzene rings is 1. The first-order chi connectivity index (χ1) is 7.79. The van der Waals surface area contributed by atoms with Gasteiger partial charge >= 0.3 is 0 Å². The summed E-state index contributed by atoms with van der Waals surface area (Å²) in [6, 6.07) is 8.92. The van der Waals surface area contributed by atoms with E-state index < -0.39 is 0 Å². The Hall–Kier alpha value is -0.300. The van der Waals surface area contributed by atoms with Gasteiger partial charge in [0.05, 0.1) is 0 Å². The van der Waals surface area contributed by atoms with Crippen molar-refractivity contribution in [3.63, 3.8) is 0 Å². The Morgan fingerprint density at radius 2 is 1.69 bits per heavy atom. The van der Waals surface area contributed by atoms with Gasteiger partial charge in [0.25, 0.3) is 0 Å². The van der Waals surface area contributed by atoms with Gasteiger partial charge in [0.1, 0.15) is 0 Å². The smallest absolute Gasteiger partial charge is 0.0175 e. The summed E-state index contributed by atoms with van der Waals surface area (Å²) in [7, 11) is 0. The van der Waals surface area contributed by atoms with Gasteiger partial charge in [0.2, 0.25) is 0 Å². The van der Waals surface area contributed by atoms with Crippen molar-refractivity contribution in [1.82, 2.24) is 0 Å². The van der Waals surface area contributed by atoms with E-state index in [1.807, 2.05) is 0 Å². The molecule has 1 fully saturated rings. The van der Waals surface area contributed by atoms with Gasteiger partial charge in [0.15, 0.2) is 0 Å². The lowest BCUT2D eigenvalue weighted by Crippen LogP contribution is -2.13. The molecule has 0 unspecified atom stereocenters. The van der Waals surface area contributed by atoms with Crippen molar-refractivity contribution in [2.45, 2.75) is 51.4 Å². The molecule has 0 heterocycles. The highest BCUT2D eigenvalue weighted by Crippen LogP contribution is 2.37. The van der Waals surface area contributed by atoms with Gasteiger partial charge in [-0.1, -0.05) is 47.8 Å². The monoisotopic (exact) mass is 280 g/mol. The van der Waals surface area contributed by atoms with Crippen LogP contribution in [0.25, 0.3) is 0 Å². The van der Waals surface area contributed by atoms with E-state index in [-0.39, 0.29) is 0 Å². The SMILES string of the molecule is CCCC1CCC(c2ccc(Br)cc2)CC1. The minimum Gasteiger partial charge on any atom is -0.0654 e. The third kappa shape index (κ3) is 3.10. The summed E-state index contributed by atoms with van der Waals surface area (Å²) >= 11 is 3.50. The molecule has 0 amide bonds. The van der Waals surface area contributed by atoms with E-state index in [1.165, 1.54) is 48.6 Å². The van der Waals surface area contributed by atoms with Crippen molar-refractivity contribution in [3.8, 4) is 0 Å². The predicted octanol–water partition coefficient (Wildman–Crippen LogP) is 5.52. The molecule has 0 nitrogen and oxygen atoms in total. The summed E-state index contributed by atoms with van der Waals surface area (Å²) in [5.74, 6) is 1.83. The summed E-state index contributed by atoms with van der Waals surface area (Å²) in [5.41, 5.74) is 1.54. The molecule has 0 bridgehead atoms. The van der Waals surface area contributed by atoms with Crippen LogP contribution < -0.4 is 0 Å². The molecular weight excluding hydrogens is 260 g/mol. The zero-order chi connectivity index (χ0) is 11.4. The Kier molecular flexibility index (Phi) is 4.45. The molecule has 1 heteroatoms. The number of hydrogen-bond donors (Lipinski definition) is 0. The summed E-state index contributed by atoms with van der Waals surface area (Å²) < 4.78 is 1.19. The van der Waals surface area contributed by atoms with Crippen LogP contribution in [0, 0.1) is 5.92 Å². The van der Waals surface area contributed by atoms with E-state index in [9.17, 15) is 0 Å². The maximum atomic E-state index is 3.50. The van der Waals surface area contributed by atoms with Crippen LogP contribution >= 0.6 is 15.9 Å². The molecule has 88 valence electrons. The third-order valence-corrected chi connectivity index (χ3v) is 4.41. The Morgan fingerprint density at radius 3 is 2.25 bits per heavy atom. The zero-order valence-corrected chi connectivity index (χ0v) is 11.7. The van der Waals surface area contributed by atoms with E-state index in [1.54, 1.807) is 0 Å². The number of halogens is 1. The second-order valence-corrected chi connectivity index (χ2v) is 5.97. The van der Waals surface area contributed by atoms with Crippen molar-refractivity contribution in [3.05, 3.63) is 34.3 Å². The molecule has 1 aromatic rings. The predicted molar refractivity (Wildman–Crippen MR) is 73.7 cm³/mol. The van der Waals surface area contributed by atoms with Crippen LogP contribution in [0.3, 0.4) is 0 Å². The summed E-state index contributed by atoms with van der Waals surface area (Å²) in [6.07, 6.45) is 8.46. The molecule has 0 spiro atoms. The standard InChI is InChI=1S/C15H21Br/c1-2-3-12-4-6-13(7-5-12)14-8-10-15(16)11-9-14/h8-13H,2-7H2,1H3. The minimum atomic E-state index is 0.821. The molecule has 0 atom stereocenters. The van der Waals surface area contributed by atoms with Gasteiger partial charge in [-0.25, -0.2) is 0 Å². The lowest BCUT2D eigenvalue weighted by molar-refractivity contribution is 0.308. The molecule has 16 heavy (non-hydrogen) atoms. The average Bonchev–Trinajstić information content (AvgIpc) is 2.32. The highest BCUT2D eigenvalue weighted by Gasteiger charge is 2.21. The maximum absolute atomic E-state index is 3.50. The van der Waals surface area contributed by atoms with Gasteiger partial charge in [-0.3, -0.25) is 0 Å². The molecule has 0 aromatic heterocycles. The van der Waals surface area contributed by atoms with Gasteiger partial charge in [0, 0.05) is 4.47 Å². The third-order valence-electron chi connectivity index (χ3n) is 3.89. The molecular formula is C15H21Br. The van der Waals surface area contributed by atoms with Crippen molar-refractivity contribution < 1.29 is 0 Å². The molecule has 1 aliphatic carbocycles. The number of hydrogen-bond acceptors (Lipinski definition) is 0. The van der Waals surface area contributed by atoms with Crippen LogP contribution in [0.4, 0.5) is 0 Å². The highest BCUT2D eigenvalue weighted by molar-refractivity contribution is 9.10. The molecule has 1 saturated carbocycles. The first-order valence-electron chi connectivity index (χ1n) is 6.55. The van der Waals surface area contributed by atoms with Gasteiger partial charge < -0.3 is 0 Å². The van der Waals surface area contributed by atoms with Crippen molar-refractivity contribution >= 4 is 15.9 Å². The molecule has 0 radical (unpaired) electrons. The fourth-order valence-corrected chi connectivity index (χ4v) is 3.19. The van der Waals surface area contributed by atoms with Gasteiger partial charge in [-0.2, -0.15) is 0 Å². The van der Waals surface area contributed by atoms with E-state index >= 15 is 0 Å². The fourth-order valence-electron chi connectivity index (χ4n) is 2.93. The highest BCUT2D eigenvalue weighted by atomic mass is 79.9. The van der Waals surface area contributed by atoms with Crippen molar-refractivity contribution in [2.75, 3.05) is 0 Å². The second-order valence-electron chi connectivity index (χ2n) is 5.06. The molecule has 0 N–H and O–H groups in total. The van der Waals surface area contributed by atoms with E-state index in [2.05, 4.69) is 47.1 Å². The lowest BCUT2D eigenvalue weighted by atomic mass is 9.77. The van der Waals surface area contributed by atoms with Crippen LogP contribution in [-0.4, -0.2) is 0 Å². The van der Waals surface area contributed by atoms with Crippen LogP contribution in [0.15, 0.2) is 28.7 Å². The lowest BCUT2D eigenvalue weighted by Gasteiger charge is -2.28. The van der Waals surface area contributed by atoms with E-state index in [4.69, 9.17) is 0 Å². The van der Waals surface area contributed by atoms with E-state index in [0.29, 0.717) is 0 Å². The van der Waals surface area contributed by atoms with Gasteiger partial charge in [-0.15, -0.1) is 0 Å². The van der Waals surface area contributed by atoms with Crippen LogP contribution in [-0.2, 0) is 0 Å². The normalized spacial score (nSPS) is 25.6. The Morgan fingerprint density at radius 1 is 1.06 bits per heavy atom. The molecule has 1 aromatic carbocycles. The second kappa shape index (κ2) is 5.86. The Bertz CT molecular complexity index is 307. The molecule has 2 rings (SSSR count). The topological polar surface area (TPSA) is 0 Å². The van der Waals surface area contributed by atoms with Crippen LogP contribution in [0.5, 0.6) is 0 Å². The Balaban J connectivity index is 1.91. The summed E-state index contributed by atoms with van der Waals surface area (Å²) in [4.78, 5) is 0.